The minimum Gasteiger partial charge on any atom is -0.351 e. The number of likely N-dealkylation sites (N-methyl/N-ethyl adjacent to an activating group) is 1. The fraction of sp³-hybridized carbons (Fsp3) is 0.294. The third-order valence-electron chi connectivity index (χ3n) is 3.64. The first kappa shape index (κ1) is 17.1. The van der Waals surface area contributed by atoms with Gasteiger partial charge in [0.25, 0.3) is 5.91 Å². The van der Waals surface area contributed by atoms with Gasteiger partial charge < -0.3 is 16.0 Å². The van der Waals surface area contributed by atoms with Gasteiger partial charge >= 0.3 is 6.03 Å². The molecule has 122 valence electrons. The van der Waals surface area contributed by atoms with E-state index < -0.39 is 11.4 Å². The van der Waals surface area contributed by atoms with Gasteiger partial charge in [0.1, 0.15) is 0 Å². The molecule has 0 aliphatic rings. The number of urea groups is 1. The third-order valence-corrected chi connectivity index (χ3v) is 4.55. The molecule has 0 heterocycles. The highest BCUT2D eigenvalue weighted by atomic mass is 32.2. The SMILES string of the molecule is CCN(C(N)=O)[C@H](SC)C(=O)NCc1ccc2ccccc2c1. The number of primary amides is 1. The second-order valence-electron chi connectivity index (χ2n) is 5.11. The van der Waals surface area contributed by atoms with Gasteiger partial charge in [-0.25, -0.2) is 4.79 Å². The minimum atomic E-state index is -0.613. The van der Waals surface area contributed by atoms with Crippen molar-refractivity contribution in [1.82, 2.24) is 10.2 Å². The second kappa shape index (κ2) is 7.87. The molecule has 1 atom stereocenters. The Morgan fingerprint density at radius 2 is 1.91 bits per heavy atom. The molecule has 0 saturated heterocycles. The molecule has 3 amide bonds. The average molecular weight is 331 g/mol. The standard InChI is InChI=1S/C17H21N3O2S/c1-3-20(17(18)22)16(23-2)15(21)19-11-12-8-9-13-6-4-5-7-14(13)10-12/h4-10,16H,3,11H2,1-2H3,(H2,18,22)(H,19,21)/t16-/m1/s1. The summed E-state index contributed by atoms with van der Waals surface area (Å²) in [5, 5.41) is 4.56. The zero-order valence-corrected chi connectivity index (χ0v) is 14.1. The number of thioether (sulfide) groups is 1. The first-order valence-electron chi connectivity index (χ1n) is 7.41. The normalized spacial score (nSPS) is 11.9. The van der Waals surface area contributed by atoms with Crippen molar-refractivity contribution in [2.45, 2.75) is 18.8 Å². The van der Waals surface area contributed by atoms with Gasteiger partial charge in [0, 0.05) is 13.1 Å². The number of benzene rings is 2. The van der Waals surface area contributed by atoms with Crippen LogP contribution in [0.25, 0.3) is 10.8 Å². The Morgan fingerprint density at radius 3 is 2.52 bits per heavy atom. The van der Waals surface area contributed by atoms with E-state index in [1.54, 1.807) is 13.2 Å². The minimum absolute atomic E-state index is 0.216. The summed E-state index contributed by atoms with van der Waals surface area (Å²) in [6, 6.07) is 13.6. The highest BCUT2D eigenvalue weighted by Gasteiger charge is 2.26. The molecule has 0 unspecified atom stereocenters. The highest BCUT2D eigenvalue weighted by Crippen LogP contribution is 2.16. The summed E-state index contributed by atoms with van der Waals surface area (Å²) in [6.07, 6.45) is 1.78. The number of fused-ring (bicyclic) bond motifs is 1. The lowest BCUT2D eigenvalue weighted by molar-refractivity contribution is -0.122. The first-order chi connectivity index (χ1) is 11.1. The van der Waals surface area contributed by atoms with Gasteiger partial charge in [-0.2, -0.15) is 0 Å². The number of rotatable bonds is 6. The van der Waals surface area contributed by atoms with Crippen LogP contribution in [0.15, 0.2) is 42.5 Å². The quantitative estimate of drug-likeness (QED) is 0.799. The maximum Gasteiger partial charge on any atom is 0.316 e. The molecule has 3 N–H and O–H groups in total. The molecular formula is C17H21N3O2S. The Hall–Kier alpha value is -2.21. The van der Waals surface area contributed by atoms with Gasteiger partial charge in [-0.15, -0.1) is 11.8 Å². The monoisotopic (exact) mass is 331 g/mol. The number of nitrogens with zero attached hydrogens (tertiary/aromatic N) is 1. The molecule has 5 nitrogen and oxygen atoms in total. The average Bonchev–Trinajstić information content (AvgIpc) is 2.56. The van der Waals surface area contributed by atoms with E-state index in [2.05, 4.69) is 11.4 Å². The summed E-state index contributed by atoms with van der Waals surface area (Å²) in [5.41, 5.74) is 6.34. The number of nitrogens with two attached hydrogens (primary N) is 1. The van der Waals surface area contributed by atoms with Crippen LogP contribution in [0.1, 0.15) is 12.5 Å². The summed E-state index contributed by atoms with van der Waals surface area (Å²) in [7, 11) is 0. The fourth-order valence-electron chi connectivity index (χ4n) is 2.44. The van der Waals surface area contributed by atoms with E-state index >= 15 is 0 Å². The maximum absolute atomic E-state index is 12.3. The van der Waals surface area contributed by atoms with Crippen LogP contribution >= 0.6 is 11.8 Å². The molecule has 0 fully saturated rings. The Balaban J connectivity index is 2.05. The highest BCUT2D eigenvalue weighted by molar-refractivity contribution is 7.99. The summed E-state index contributed by atoms with van der Waals surface area (Å²) in [6.45, 7) is 2.60. The van der Waals surface area contributed by atoms with Gasteiger partial charge in [0.15, 0.2) is 5.37 Å². The van der Waals surface area contributed by atoms with Crippen LogP contribution in [-0.4, -0.2) is 35.0 Å². The van der Waals surface area contributed by atoms with Crippen molar-refractivity contribution < 1.29 is 9.59 Å². The third kappa shape index (κ3) is 4.16. The smallest absolute Gasteiger partial charge is 0.316 e. The fourth-order valence-corrected chi connectivity index (χ4v) is 3.24. The van der Waals surface area contributed by atoms with E-state index in [0.29, 0.717) is 13.1 Å². The topological polar surface area (TPSA) is 75.4 Å². The summed E-state index contributed by atoms with van der Waals surface area (Å²) >= 11 is 1.29. The van der Waals surface area contributed by atoms with Crippen molar-refractivity contribution in [1.29, 1.82) is 0 Å². The molecule has 0 aliphatic carbocycles. The van der Waals surface area contributed by atoms with E-state index in [9.17, 15) is 9.59 Å². The molecule has 0 aliphatic heterocycles. The van der Waals surface area contributed by atoms with Crippen molar-refractivity contribution in [3.05, 3.63) is 48.0 Å². The Morgan fingerprint density at radius 1 is 1.22 bits per heavy atom. The van der Waals surface area contributed by atoms with Crippen molar-refractivity contribution in [2.24, 2.45) is 5.73 Å². The first-order valence-corrected chi connectivity index (χ1v) is 8.70. The molecule has 2 rings (SSSR count). The number of hydrogen-bond acceptors (Lipinski definition) is 3. The van der Waals surface area contributed by atoms with E-state index in [1.807, 2.05) is 36.4 Å². The lowest BCUT2D eigenvalue weighted by Gasteiger charge is -2.26. The van der Waals surface area contributed by atoms with E-state index in [0.717, 1.165) is 16.3 Å². The molecule has 0 spiro atoms. The molecule has 0 saturated carbocycles. The molecule has 0 bridgehead atoms. The molecule has 0 radical (unpaired) electrons. The van der Waals surface area contributed by atoms with Crippen LogP contribution in [-0.2, 0) is 11.3 Å². The molecule has 23 heavy (non-hydrogen) atoms. The van der Waals surface area contributed by atoms with Gasteiger partial charge in [-0.3, -0.25) is 4.79 Å². The number of hydrogen-bond donors (Lipinski definition) is 2. The van der Waals surface area contributed by atoms with Crippen LogP contribution in [0, 0.1) is 0 Å². The van der Waals surface area contributed by atoms with Crippen molar-refractivity contribution in [3.63, 3.8) is 0 Å². The van der Waals surface area contributed by atoms with Crippen molar-refractivity contribution in [2.75, 3.05) is 12.8 Å². The zero-order valence-electron chi connectivity index (χ0n) is 13.3. The molecule has 0 aromatic heterocycles. The number of nitrogens with one attached hydrogen (secondary N) is 1. The molecule has 2 aromatic rings. The Bertz CT molecular complexity index is 705. The summed E-state index contributed by atoms with van der Waals surface area (Å²) in [5.74, 6) is -0.216. The van der Waals surface area contributed by atoms with E-state index in [-0.39, 0.29) is 5.91 Å². The lowest BCUT2D eigenvalue weighted by Crippen LogP contribution is -2.49. The van der Waals surface area contributed by atoms with Crippen LogP contribution in [0.4, 0.5) is 4.79 Å². The second-order valence-corrected chi connectivity index (χ2v) is 6.03. The van der Waals surface area contributed by atoms with Crippen LogP contribution in [0.3, 0.4) is 0 Å². The Labute approximate surface area is 140 Å². The lowest BCUT2D eigenvalue weighted by atomic mass is 10.1. The van der Waals surface area contributed by atoms with Crippen molar-refractivity contribution >= 4 is 34.5 Å². The van der Waals surface area contributed by atoms with Gasteiger partial charge in [-0.05, 0) is 35.6 Å². The van der Waals surface area contributed by atoms with Crippen molar-refractivity contribution in [3.8, 4) is 0 Å². The van der Waals surface area contributed by atoms with Gasteiger partial charge in [0.2, 0.25) is 0 Å². The number of carbonyl (C=O) groups excluding carboxylic acids is 2. The molecular weight excluding hydrogens is 310 g/mol. The summed E-state index contributed by atoms with van der Waals surface area (Å²) < 4.78 is 0. The zero-order chi connectivity index (χ0) is 16.8. The van der Waals surface area contributed by atoms with E-state index in [4.69, 9.17) is 5.73 Å². The van der Waals surface area contributed by atoms with Crippen LogP contribution in [0.2, 0.25) is 0 Å². The van der Waals surface area contributed by atoms with Crippen LogP contribution < -0.4 is 11.1 Å². The van der Waals surface area contributed by atoms with E-state index in [1.165, 1.54) is 16.7 Å². The number of carbonyl (C=O) groups is 2. The molecule has 2 aromatic carbocycles. The maximum atomic E-state index is 12.3. The van der Waals surface area contributed by atoms with Gasteiger partial charge in [-0.1, -0.05) is 36.4 Å². The summed E-state index contributed by atoms with van der Waals surface area (Å²) in [4.78, 5) is 25.1. The Kier molecular flexibility index (Phi) is 5.87. The predicted molar refractivity (Wildman–Crippen MR) is 95.1 cm³/mol. The van der Waals surface area contributed by atoms with Gasteiger partial charge in [0.05, 0.1) is 0 Å². The van der Waals surface area contributed by atoms with Crippen LogP contribution in [0.5, 0.6) is 0 Å². The predicted octanol–water partition coefficient (Wildman–Crippen LogP) is 2.55. The molecule has 6 heteroatoms. The number of amides is 3. The largest absolute Gasteiger partial charge is 0.351 e.